The Morgan fingerprint density at radius 3 is 2.22 bits per heavy atom. The molecule has 226 valence electrons. The molecule has 0 amide bonds. The van der Waals surface area contributed by atoms with Crippen LogP contribution in [0.1, 0.15) is 87.5 Å². The minimum absolute atomic E-state index is 0.0141. The average molecular weight is 573 g/mol. The molecule has 0 aliphatic heterocycles. The van der Waals surface area contributed by atoms with Gasteiger partial charge in [-0.15, -0.1) is 0 Å². The van der Waals surface area contributed by atoms with Crippen LogP contribution in [0, 0.1) is 39.4 Å². The molecule has 0 aromatic carbocycles. The molecule has 9 heteroatoms. The number of carbonyl (C=O) groups excluding carboxylic acids is 4. The Bertz CT molecular complexity index is 1270. The van der Waals surface area contributed by atoms with Crippen molar-refractivity contribution in [1.82, 2.24) is 0 Å². The van der Waals surface area contributed by atoms with E-state index in [0.29, 0.717) is 12.8 Å². The minimum Gasteiger partial charge on any atom is -0.478 e. The smallest absolute Gasteiger partial charge is 0.331 e. The van der Waals surface area contributed by atoms with E-state index in [-0.39, 0.29) is 53.5 Å². The molecule has 0 aromatic heterocycles. The number of carbonyl (C=O) groups is 5. The van der Waals surface area contributed by atoms with Crippen molar-refractivity contribution in [3.8, 4) is 0 Å². The highest BCUT2D eigenvalue weighted by molar-refractivity contribution is 6.18. The fraction of sp³-hybridized carbons (Fsp3) is 0.719. The second kappa shape index (κ2) is 9.97. The zero-order valence-electron chi connectivity index (χ0n) is 25.4. The Kier molecular flexibility index (Phi) is 7.61. The SMILES string of the molecule is CC(=O)O[C@@H]1C(=O)C2=C(C(=O)C[C@H]3C(C)(C)[C@@H](O)CC[C@]23C)[C@]2(C)C(=O)C[C@H]([C@H](C)C[C@H](O)/C=C(\C)C(=O)O)[C@@]12C. The second-order valence-electron chi connectivity index (χ2n) is 14.2. The number of ketones is 3. The number of aliphatic carboxylic acids is 1. The first-order valence-electron chi connectivity index (χ1n) is 14.6. The van der Waals surface area contributed by atoms with Crippen LogP contribution in [0.3, 0.4) is 0 Å². The van der Waals surface area contributed by atoms with Crippen LogP contribution in [-0.4, -0.2) is 62.9 Å². The lowest BCUT2D eigenvalue weighted by atomic mass is 9.42. The van der Waals surface area contributed by atoms with Gasteiger partial charge in [-0.1, -0.05) is 34.6 Å². The van der Waals surface area contributed by atoms with Crippen LogP contribution in [-0.2, 0) is 28.7 Å². The predicted octanol–water partition coefficient (Wildman–Crippen LogP) is 3.59. The fourth-order valence-electron chi connectivity index (χ4n) is 9.13. The first kappa shape index (κ1) is 31.3. The van der Waals surface area contributed by atoms with Gasteiger partial charge in [0.25, 0.3) is 0 Å². The molecule has 0 saturated heterocycles. The minimum atomic E-state index is -1.42. The number of carboxylic acids is 1. The van der Waals surface area contributed by atoms with Gasteiger partial charge in [-0.25, -0.2) is 4.79 Å². The Labute approximate surface area is 241 Å². The van der Waals surface area contributed by atoms with E-state index in [2.05, 4.69) is 0 Å². The van der Waals surface area contributed by atoms with Crippen LogP contribution in [0.5, 0.6) is 0 Å². The van der Waals surface area contributed by atoms with Crippen LogP contribution in [0.4, 0.5) is 0 Å². The van der Waals surface area contributed by atoms with E-state index in [1.54, 1.807) is 13.8 Å². The number of aliphatic hydroxyl groups excluding tert-OH is 2. The molecule has 4 aliphatic rings. The lowest BCUT2D eigenvalue weighted by Crippen LogP contribution is -2.65. The van der Waals surface area contributed by atoms with Crippen molar-refractivity contribution < 1.29 is 44.0 Å². The summed E-state index contributed by atoms with van der Waals surface area (Å²) in [4.78, 5) is 66.6. The van der Waals surface area contributed by atoms with E-state index < -0.39 is 69.5 Å². The third-order valence-electron chi connectivity index (χ3n) is 11.7. The fourth-order valence-corrected chi connectivity index (χ4v) is 9.13. The highest BCUT2D eigenvalue weighted by Crippen LogP contribution is 2.70. The predicted molar refractivity (Wildman–Crippen MR) is 148 cm³/mol. The first-order valence-corrected chi connectivity index (χ1v) is 14.6. The van der Waals surface area contributed by atoms with E-state index in [9.17, 15) is 39.3 Å². The summed E-state index contributed by atoms with van der Waals surface area (Å²) in [5, 5.41) is 30.7. The highest BCUT2D eigenvalue weighted by Gasteiger charge is 2.74. The normalized spacial score (nSPS) is 40.0. The molecule has 41 heavy (non-hydrogen) atoms. The maximum absolute atomic E-state index is 14.6. The van der Waals surface area contributed by atoms with E-state index in [0.717, 1.165) is 0 Å². The molecule has 0 heterocycles. The number of esters is 1. The van der Waals surface area contributed by atoms with Gasteiger partial charge >= 0.3 is 11.9 Å². The van der Waals surface area contributed by atoms with Crippen LogP contribution in [0.25, 0.3) is 0 Å². The van der Waals surface area contributed by atoms with Crippen LogP contribution < -0.4 is 0 Å². The van der Waals surface area contributed by atoms with E-state index in [1.807, 2.05) is 27.7 Å². The summed E-state index contributed by atoms with van der Waals surface area (Å²) in [5.41, 5.74) is -3.68. The average Bonchev–Trinajstić information content (AvgIpc) is 3.07. The van der Waals surface area contributed by atoms with Crippen LogP contribution >= 0.6 is 0 Å². The van der Waals surface area contributed by atoms with Gasteiger partial charge in [-0.2, -0.15) is 0 Å². The Hall–Kier alpha value is -2.65. The summed E-state index contributed by atoms with van der Waals surface area (Å²) in [6, 6.07) is 0. The lowest BCUT2D eigenvalue weighted by Gasteiger charge is -2.61. The molecule has 0 aromatic rings. The van der Waals surface area contributed by atoms with Gasteiger partial charge in [0.2, 0.25) is 5.78 Å². The summed E-state index contributed by atoms with van der Waals surface area (Å²) >= 11 is 0. The zero-order chi connectivity index (χ0) is 31.0. The number of hydrogen-bond acceptors (Lipinski definition) is 8. The summed E-state index contributed by atoms with van der Waals surface area (Å²) in [5.74, 6) is -4.06. The molecule has 0 bridgehead atoms. The monoisotopic (exact) mass is 572 g/mol. The van der Waals surface area contributed by atoms with Gasteiger partial charge in [0.15, 0.2) is 11.9 Å². The van der Waals surface area contributed by atoms with Gasteiger partial charge < -0.3 is 20.1 Å². The molecule has 9 atom stereocenters. The van der Waals surface area contributed by atoms with Crippen molar-refractivity contribution >= 4 is 29.3 Å². The molecule has 0 unspecified atom stereocenters. The van der Waals surface area contributed by atoms with Crippen molar-refractivity contribution in [2.75, 3.05) is 0 Å². The van der Waals surface area contributed by atoms with Crippen molar-refractivity contribution in [2.24, 2.45) is 39.4 Å². The Balaban J connectivity index is 1.90. The molecule has 0 spiro atoms. The third kappa shape index (κ3) is 4.29. The molecule has 9 nitrogen and oxygen atoms in total. The molecule has 4 rings (SSSR count). The topological polar surface area (TPSA) is 155 Å². The molecular weight excluding hydrogens is 528 g/mol. The van der Waals surface area contributed by atoms with Crippen LogP contribution in [0.15, 0.2) is 22.8 Å². The molecule has 2 saturated carbocycles. The third-order valence-corrected chi connectivity index (χ3v) is 11.7. The maximum atomic E-state index is 14.6. The number of fused-ring (bicyclic) bond motifs is 4. The number of ether oxygens (including phenoxy) is 1. The quantitative estimate of drug-likeness (QED) is 0.320. The van der Waals surface area contributed by atoms with E-state index >= 15 is 0 Å². The van der Waals surface area contributed by atoms with Crippen molar-refractivity contribution in [1.29, 1.82) is 0 Å². The lowest BCUT2D eigenvalue weighted by molar-refractivity contribution is -0.176. The van der Waals surface area contributed by atoms with Gasteiger partial charge in [-0.3, -0.25) is 19.2 Å². The van der Waals surface area contributed by atoms with Crippen LogP contribution in [0.2, 0.25) is 0 Å². The zero-order valence-corrected chi connectivity index (χ0v) is 25.4. The van der Waals surface area contributed by atoms with Crippen molar-refractivity contribution in [3.63, 3.8) is 0 Å². The van der Waals surface area contributed by atoms with Gasteiger partial charge in [-0.05, 0) is 62.4 Å². The van der Waals surface area contributed by atoms with Gasteiger partial charge in [0, 0.05) is 47.3 Å². The van der Waals surface area contributed by atoms with E-state index in [1.165, 1.54) is 19.9 Å². The molecular formula is C32H44O9. The summed E-state index contributed by atoms with van der Waals surface area (Å²) < 4.78 is 5.81. The molecule has 3 N–H and O–H groups in total. The first-order chi connectivity index (χ1) is 18.8. The number of hydrogen-bond donors (Lipinski definition) is 3. The molecule has 4 aliphatic carbocycles. The highest BCUT2D eigenvalue weighted by atomic mass is 16.5. The van der Waals surface area contributed by atoms with E-state index in [4.69, 9.17) is 4.74 Å². The second-order valence-corrected chi connectivity index (χ2v) is 14.2. The van der Waals surface area contributed by atoms with Crippen molar-refractivity contribution in [3.05, 3.63) is 22.8 Å². The van der Waals surface area contributed by atoms with Gasteiger partial charge in [0.05, 0.1) is 17.6 Å². The number of Topliss-reactive ketones (excluding diaryl/α,β-unsaturated/α-hetero) is 3. The largest absolute Gasteiger partial charge is 0.478 e. The summed E-state index contributed by atoms with van der Waals surface area (Å²) in [6.07, 6.45) is -0.727. The number of carboxylic acid groups (broad SMARTS) is 1. The number of aliphatic hydroxyl groups is 2. The Morgan fingerprint density at radius 1 is 1.05 bits per heavy atom. The van der Waals surface area contributed by atoms with Gasteiger partial charge in [0.1, 0.15) is 5.78 Å². The maximum Gasteiger partial charge on any atom is 0.331 e. The van der Waals surface area contributed by atoms with Crippen molar-refractivity contribution in [2.45, 2.75) is 106 Å². The summed E-state index contributed by atoms with van der Waals surface area (Å²) in [7, 11) is 0. The number of allylic oxidation sites excluding steroid dienone is 1. The number of rotatable bonds is 6. The molecule has 0 radical (unpaired) electrons. The Morgan fingerprint density at radius 2 is 1.66 bits per heavy atom. The standard InChI is InChI=1S/C32H44O9/c1-15(11-18(34)12-16(2)28(39)40)19-13-23(37)32(8)24-20(35)14-21-29(4,5)22(36)9-10-30(21,6)25(24)26(38)27(31(19,32)7)41-17(3)33/h12,15,18-19,21-22,27,34,36H,9-11,13-14H2,1-8H3,(H,39,40)/b16-12+/t15-,18+,19-,21+,22+,27-,30+,31+,32+/m1/s1. The molecule has 2 fully saturated rings. The summed E-state index contributed by atoms with van der Waals surface area (Å²) in [6.45, 7) is 13.6.